The second-order valence-electron chi connectivity index (χ2n) is 4.69. The van der Waals surface area contributed by atoms with Gasteiger partial charge in [0.1, 0.15) is 0 Å². The Kier molecular flexibility index (Phi) is 6.73. The first-order chi connectivity index (χ1) is 9.00. The second-order valence-corrected chi connectivity index (χ2v) is 6.49. The third-order valence-electron chi connectivity index (χ3n) is 3.05. The molecular weight excluding hydrogens is 260 g/mol. The molecule has 0 saturated heterocycles. The molecule has 0 aromatic heterocycles. The minimum atomic E-state index is -0.929. The molecule has 0 heterocycles. The van der Waals surface area contributed by atoms with Crippen LogP contribution < -0.4 is 11.1 Å². The highest BCUT2D eigenvalue weighted by Crippen LogP contribution is 2.04. The van der Waals surface area contributed by atoms with E-state index >= 15 is 0 Å². The van der Waals surface area contributed by atoms with Gasteiger partial charge in [-0.15, -0.1) is 0 Å². The predicted molar refractivity (Wildman–Crippen MR) is 79.3 cm³/mol. The number of rotatable bonds is 7. The third-order valence-corrected chi connectivity index (χ3v) is 4.35. The molecule has 0 aliphatic carbocycles. The van der Waals surface area contributed by atoms with Crippen LogP contribution in [-0.4, -0.2) is 34.2 Å². The zero-order chi connectivity index (χ0) is 14.3. The Hall–Kier alpha value is -1.20. The van der Waals surface area contributed by atoms with Crippen LogP contribution >= 0.6 is 0 Å². The van der Waals surface area contributed by atoms with Gasteiger partial charge in [-0.25, -0.2) is 0 Å². The summed E-state index contributed by atoms with van der Waals surface area (Å²) < 4.78 is 11.2. The summed E-state index contributed by atoms with van der Waals surface area (Å²) in [7, 11) is -0.929. The van der Waals surface area contributed by atoms with Gasteiger partial charge in [0.2, 0.25) is 5.91 Å². The molecule has 19 heavy (non-hydrogen) atoms. The van der Waals surface area contributed by atoms with Crippen LogP contribution in [0, 0.1) is 0 Å². The van der Waals surface area contributed by atoms with E-state index in [0.29, 0.717) is 13.0 Å². The van der Waals surface area contributed by atoms with Crippen molar-refractivity contribution in [1.29, 1.82) is 0 Å². The van der Waals surface area contributed by atoms with Gasteiger partial charge in [-0.05, 0) is 25.3 Å². The summed E-state index contributed by atoms with van der Waals surface area (Å²) in [5.41, 5.74) is 7.01. The standard InChI is InChI=1S/C14H22N2O2S/c1-11(19(2)18)10-16-14(17)13(15)9-8-12-6-4-3-5-7-12/h3-7,11,13H,8-10,15H2,1-2H3,(H,16,17)/t11?,13-,19?/m0/s1. The summed E-state index contributed by atoms with van der Waals surface area (Å²) in [4.78, 5) is 11.8. The number of hydrogen-bond donors (Lipinski definition) is 2. The number of carbonyl (C=O) groups excluding carboxylic acids is 1. The van der Waals surface area contributed by atoms with E-state index in [1.807, 2.05) is 37.3 Å². The molecule has 106 valence electrons. The Morgan fingerprint density at radius 2 is 2.00 bits per heavy atom. The van der Waals surface area contributed by atoms with Crippen LogP contribution in [0.2, 0.25) is 0 Å². The zero-order valence-electron chi connectivity index (χ0n) is 11.5. The Morgan fingerprint density at radius 3 is 2.58 bits per heavy atom. The molecule has 0 bridgehead atoms. The monoisotopic (exact) mass is 282 g/mol. The first-order valence-corrected chi connectivity index (χ1v) is 8.02. The molecule has 3 N–H and O–H groups in total. The van der Waals surface area contributed by atoms with Crippen LogP contribution in [0.3, 0.4) is 0 Å². The van der Waals surface area contributed by atoms with Crippen LogP contribution in [0.4, 0.5) is 0 Å². The van der Waals surface area contributed by atoms with Crippen molar-refractivity contribution in [2.75, 3.05) is 12.8 Å². The van der Waals surface area contributed by atoms with Gasteiger partial charge in [0.05, 0.1) is 6.04 Å². The minimum Gasteiger partial charge on any atom is -0.354 e. The Balaban J connectivity index is 2.31. The van der Waals surface area contributed by atoms with E-state index in [9.17, 15) is 9.00 Å². The average molecular weight is 282 g/mol. The fourth-order valence-electron chi connectivity index (χ4n) is 1.59. The lowest BCUT2D eigenvalue weighted by Gasteiger charge is -2.14. The van der Waals surface area contributed by atoms with Crippen LogP contribution in [0.5, 0.6) is 0 Å². The molecule has 0 aliphatic rings. The topological polar surface area (TPSA) is 72.2 Å². The molecule has 5 heteroatoms. The third kappa shape index (κ3) is 5.98. The second kappa shape index (κ2) is 8.07. The summed E-state index contributed by atoms with van der Waals surface area (Å²) in [5.74, 6) is -0.173. The number of hydrogen-bond acceptors (Lipinski definition) is 3. The maximum atomic E-state index is 11.8. The van der Waals surface area contributed by atoms with Gasteiger partial charge >= 0.3 is 0 Å². The van der Waals surface area contributed by atoms with E-state index in [2.05, 4.69) is 5.32 Å². The molecule has 1 amide bonds. The highest BCUT2D eigenvalue weighted by Gasteiger charge is 2.15. The van der Waals surface area contributed by atoms with Crippen molar-refractivity contribution in [3.05, 3.63) is 35.9 Å². The lowest BCUT2D eigenvalue weighted by atomic mass is 10.1. The maximum Gasteiger partial charge on any atom is 0.236 e. The SMILES string of the molecule is CC(CNC(=O)[C@@H](N)CCc1ccccc1)S(C)=O. The molecule has 1 rings (SSSR count). The summed E-state index contributed by atoms with van der Waals surface area (Å²) in [5, 5.41) is 2.69. The molecule has 1 aromatic rings. The van der Waals surface area contributed by atoms with Crippen LogP contribution in [0.15, 0.2) is 30.3 Å². The predicted octanol–water partition coefficient (Wildman–Crippen LogP) is 0.830. The quantitative estimate of drug-likeness (QED) is 0.778. The highest BCUT2D eigenvalue weighted by atomic mass is 32.2. The van der Waals surface area contributed by atoms with Gasteiger partial charge in [0, 0.05) is 28.9 Å². The number of carbonyl (C=O) groups is 1. The summed E-state index contributed by atoms with van der Waals surface area (Å²) >= 11 is 0. The molecule has 0 saturated carbocycles. The Labute approximate surface area is 117 Å². The van der Waals surface area contributed by atoms with Crippen LogP contribution in [0.25, 0.3) is 0 Å². The lowest BCUT2D eigenvalue weighted by Crippen LogP contribution is -2.43. The van der Waals surface area contributed by atoms with E-state index < -0.39 is 16.8 Å². The van der Waals surface area contributed by atoms with Crippen molar-refractivity contribution in [1.82, 2.24) is 5.32 Å². The summed E-state index contributed by atoms with van der Waals surface area (Å²) in [6.45, 7) is 2.24. The zero-order valence-corrected chi connectivity index (χ0v) is 12.3. The van der Waals surface area contributed by atoms with Gasteiger partial charge in [-0.3, -0.25) is 9.00 Å². The van der Waals surface area contributed by atoms with Gasteiger partial charge < -0.3 is 11.1 Å². The van der Waals surface area contributed by atoms with Crippen LogP contribution in [-0.2, 0) is 22.0 Å². The number of nitrogens with one attached hydrogen (secondary N) is 1. The van der Waals surface area contributed by atoms with Gasteiger partial charge in [-0.2, -0.15) is 0 Å². The molecule has 0 radical (unpaired) electrons. The molecule has 3 atom stereocenters. The fourth-order valence-corrected chi connectivity index (χ4v) is 1.91. The van der Waals surface area contributed by atoms with Crippen molar-refractivity contribution >= 4 is 16.7 Å². The average Bonchev–Trinajstić information content (AvgIpc) is 2.42. The Bertz CT molecular complexity index is 423. The number of aryl methyl sites for hydroxylation is 1. The van der Waals surface area contributed by atoms with Gasteiger partial charge in [0.25, 0.3) is 0 Å². The van der Waals surface area contributed by atoms with E-state index in [1.165, 1.54) is 5.56 Å². The molecule has 0 fully saturated rings. The summed E-state index contributed by atoms with van der Waals surface area (Å²) in [6, 6.07) is 9.43. The van der Waals surface area contributed by atoms with Crippen molar-refractivity contribution in [2.24, 2.45) is 5.73 Å². The molecule has 0 aliphatic heterocycles. The molecule has 0 spiro atoms. The number of amides is 1. The van der Waals surface area contributed by atoms with Gasteiger partial charge in [0.15, 0.2) is 0 Å². The normalized spacial score (nSPS) is 15.5. The lowest BCUT2D eigenvalue weighted by molar-refractivity contribution is -0.122. The van der Waals surface area contributed by atoms with Gasteiger partial charge in [-0.1, -0.05) is 30.3 Å². The van der Waals surface area contributed by atoms with Crippen molar-refractivity contribution in [2.45, 2.75) is 31.1 Å². The largest absolute Gasteiger partial charge is 0.354 e. The maximum absolute atomic E-state index is 11.8. The van der Waals surface area contributed by atoms with Crippen molar-refractivity contribution in [3.63, 3.8) is 0 Å². The molecule has 1 aromatic carbocycles. The molecular formula is C14H22N2O2S. The first kappa shape index (κ1) is 15.9. The summed E-state index contributed by atoms with van der Waals surface area (Å²) in [6.07, 6.45) is 3.02. The fraction of sp³-hybridized carbons (Fsp3) is 0.500. The van der Waals surface area contributed by atoms with Crippen molar-refractivity contribution < 1.29 is 9.00 Å². The van der Waals surface area contributed by atoms with E-state index in [0.717, 1.165) is 6.42 Å². The number of benzene rings is 1. The van der Waals surface area contributed by atoms with E-state index in [1.54, 1.807) is 6.26 Å². The smallest absolute Gasteiger partial charge is 0.236 e. The molecule has 4 nitrogen and oxygen atoms in total. The van der Waals surface area contributed by atoms with Crippen LogP contribution in [0.1, 0.15) is 18.9 Å². The van der Waals surface area contributed by atoms with E-state index in [4.69, 9.17) is 5.73 Å². The molecule has 2 unspecified atom stereocenters. The van der Waals surface area contributed by atoms with Crippen molar-refractivity contribution in [3.8, 4) is 0 Å². The number of nitrogens with two attached hydrogens (primary N) is 1. The Morgan fingerprint density at radius 1 is 1.37 bits per heavy atom. The first-order valence-electron chi connectivity index (χ1n) is 6.40. The van der Waals surface area contributed by atoms with E-state index in [-0.39, 0.29) is 11.2 Å². The highest BCUT2D eigenvalue weighted by molar-refractivity contribution is 7.84. The minimum absolute atomic E-state index is 0.0507.